The van der Waals surface area contributed by atoms with E-state index in [9.17, 15) is 4.79 Å². The van der Waals surface area contributed by atoms with Crippen molar-refractivity contribution in [2.75, 3.05) is 25.6 Å². The molecule has 0 aliphatic heterocycles. The number of hydrogen-bond donors (Lipinski definition) is 1. The lowest BCUT2D eigenvalue weighted by Gasteiger charge is -2.12. The fourth-order valence-electron chi connectivity index (χ4n) is 1.71. The molecular weight excluding hydrogens is 270 g/mol. The van der Waals surface area contributed by atoms with Crippen molar-refractivity contribution in [3.8, 4) is 5.88 Å². The minimum absolute atomic E-state index is 0.0816. The second-order valence-corrected chi connectivity index (χ2v) is 4.90. The maximum atomic E-state index is 11.7. The Labute approximate surface area is 123 Å². The number of nitrogens with zero attached hydrogens (tertiary/aromatic N) is 2. The van der Waals surface area contributed by atoms with Crippen molar-refractivity contribution in [1.82, 2.24) is 10.5 Å². The predicted octanol–water partition coefficient (Wildman–Crippen LogP) is 1.74. The van der Waals surface area contributed by atoms with Crippen LogP contribution < -0.4 is 15.0 Å². The molecule has 0 saturated heterocycles. The first-order valence-electron chi connectivity index (χ1n) is 6.63. The number of anilines is 1. The van der Waals surface area contributed by atoms with E-state index in [0.717, 1.165) is 11.3 Å². The summed E-state index contributed by atoms with van der Waals surface area (Å²) in [4.78, 5) is 13.7. The molecule has 0 aliphatic carbocycles. The summed E-state index contributed by atoms with van der Waals surface area (Å²) in [6.45, 7) is 2.15. The summed E-state index contributed by atoms with van der Waals surface area (Å²) >= 11 is 0. The van der Waals surface area contributed by atoms with Gasteiger partial charge in [-0.2, -0.15) is 0 Å². The number of rotatable bonds is 6. The zero-order valence-electron chi connectivity index (χ0n) is 12.4. The van der Waals surface area contributed by atoms with Gasteiger partial charge in [-0.1, -0.05) is 12.1 Å². The van der Waals surface area contributed by atoms with E-state index in [0.29, 0.717) is 18.2 Å². The average Bonchev–Trinajstić information content (AvgIpc) is 2.89. The number of benzene rings is 1. The molecule has 21 heavy (non-hydrogen) atoms. The monoisotopic (exact) mass is 289 g/mol. The molecule has 1 aromatic carbocycles. The highest BCUT2D eigenvalue weighted by Gasteiger charge is 2.06. The average molecular weight is 289 g/mol. The van der Waals surface area contributed by atoms with Gasteiger partial charge in [0, 0.05) is 32.4 Å². The molecule has 2 rings (SSSR count). The van der Waals surface area contributed by atoms with Crippen molar-refractivity contribution in [1.29, 1.82) is 0 Å². The van der Waals surface area contributed by atoms with Crippen LogP contribution in [-0.2, 0) is 11.3 Å². The van der Waals surface area contributed by atoms with Crippen LogP contribution in [0.5, 0.6) is 5.88 Å². The summed E-state index contributed by atoms with van der Waals surface area (Å²) in [7, 11) is 3.97. The number of hydrogen-bond acceptors (Lipinski definition) is 5. The van der Waals surface area contributed by atoms with Crippen LogP contribution >= 0.6 is 0 Å². The summed E-state index contributed by atoms with van der Waals surface area (Å²) in [5.74, 6) is 0.761. The van der Waals surface area contributed by atoms with E-state index in [1.165, 1.54) is 0 Å². The Balaban J connectivity index is 1.75. The van der Waals surface area contributed by atoms with E-state index in [1.54, 1.807) is 13.0 Å². The summed E-state index contributed by atoms with van der Waals surface area (Å²) in [6.07, 6.45) is 0. The zero-order chi connectivity index (χ0) is 15.2. The Hall–Kier alpha value is -2.50. The maximum absolute atomic E-state index is 11.7. The smallest absolute Gasteiger partial charge is 0.258 e. The molecule has 0 spiro atoms. The van der Waals surface area contributed by atoms with E-state index in [4.69, 9.17) is 9.26 Å². The van der Waals surface area contributed by atoms with E-state index >= 15 is 0 Å². The van der Waals surface area contributed by atoms with E-state index in [2.05, 4.69) is 10.5 Å². The first-order valence-corrected chi connectivity index (χ1v) is 6.63. The number of amides is 1. The van der Waals surface area contributed by atoms with Crippen LogP contribution in [0.1, 0.15) is 11.3 Å². The highest BCUT2D eigenvalue weighted by atomic mass is 16.5. The molecule has 6 heteroatoms. The Morgan fingerprint density at radius 2 is 2.05 bits per heavy atom. The normalized spacial score (nSPS) is 10.2. The standard InChI is InChI=1S/C15H19N3O3/c1-11-8-15(17-21-11)20-10-14(19)16-9-12-4-6-13(7-5-12)18(2)3/h4-8H,9-10H2,1-3H3,(H,16,19). The van der Waals surface area contributed by atoms with E-state index in [1.807, 2.05) is 43.3 Å². The summed E-state index contributed by atoms with van der Waals surface area (Å²) < 4.78 is 10.0. The SMILES string of the molecule is Cc1cc(OCC(=O)NCc2ccc(N(C)C)cc2)no1. The van der Waals surface area contributed by atoms with Crippen LogP contribution in [0.15, 0.2) is 34.9 Å². The second kappa shape index (κ2) is 6.78. The lowest BCUT2D eigenvalue weighted by Crippen LogP contribution is -2.28. The van der Waals surface area contributed by atoms with Crippen LogP contribution in [0.25, 0.3) is 0 Å². The summed E-state index contributed by atoms with van der Waals surface area (Å²) in [5.41, 5.74) is 2.15. The number of aryl methyl sites for hydroxylation is 1. The van der Waals surface area contributed by atoms with Gasteiger partial charge in [0.2, 0.25) is 0 Å². The van der Waals surface area contributed by atoms with Crippen molar-refractivity contribution < 1.29 is 14.1 Å². The number of nitrogens with one attached hydrogen (secondary N) is 1. The largest absolute Gasteiger partial charge is 0.465 e. The van der Waals surface area contributed by atoms with Crippen molar-refractivity contribution in [2.45, 2.75) is 13.5 Å². The summed E-state index contributed by atoms with van der Waals surface area (Å²) in [5, 5.41) is 6.44. The zero-order valence-corrected chi connectivity index (χ0v) is 12.4. The summed E-state index contributed by atoms with van der Waals surface area (Å²) in [6, 6.07) is 9.62. The van der Waals surface area contributed by atoms with Gasteiger partial charge in [-0.3, -0.25) is 4.79 Å². The number of carbonyl (C=O) groups is 1. The molecular formula is C15H19N3O3. The fourth-order valence-corrected chi connectivity index (χ4v) is 1.71. The Morgan fingerprint density at radius 3 is 2.62 bits per heavy atom. The molecule has 2 aromatic rings. The van der Waals surface area contributed by atoms with Gasteiger partial charge in [-0.25, -0.2) is 0 Å². The van der Waals surface area contributed by atoms with E-state index in [-0.39, 0.29) is 12.5 Å². The molecule has 0 fully saturated rings. The van der Waals surface area contributed by atoms with Gasteiger partial charge in [0.1, 0.15) is 5.76 Å². The van der Waals surface area contributed by atoms with Gasteiger partial charge in [-0.15, -0.1) is 0 Å². The van der Waals surface area contributed by atoms with Gasteiger partial charge >= 0.3 is 0 Å². The Morgan fingerprint density at radius 1 is 1.33 bits per heavy atom. The molecule has 0 unspecified atom stereocenters. The van der Waals surface area contributed by atoms with Crippen LogP contribution in [-0.4, -0.2) is 31.8 Å². The van der Waals surface area contributed by atoms with Crippen LogP contribution in [0.3, 0.4) is 0 Å². The lowest BCUT2D eigenvalue weighted by molar-refractivity contribution is -0.123. The molecule has 0 saturated carbocycles. The molecule has 0 radical (unpaired) electrons. The first kappa shape index (κ1) is 14.9. The fraction of sp³-hybridized carbons (Fsp3) is 0.333. The second-order valence-electron chi connectivity index (χ2n) is 4.90. The third kappa shape index (κ3) is 4.52. The van der Waals surface area contributed by atoms with Crippen molar-refractivity contribution >= 4 is 11.6 Å². The van der Waals surface area contributed by atoms with Gasteiger partial charge in [0.15, 0.2) is 6.61 Å². The minimum Gasteiger partial charge on any atom is -0.465 e. The Bertz CT molecular complexity index is 590. The molecule has 0 atom stereocenters. The van der Waals surface area contributed by atoms with Crippen molar-refractivity contribution in [3.63, 3.8) is 0 Å². The predicted molar refractivity (Wildman–Crippen MR) is 79.4 cm³/mol. The first-order chi connectivity index (χ1) is 10.0. The molecule has 112 valence electrons. The lowest BCUT2D eigenvalue weighted by atomic mass is 10.2. The van der Waals surface area contributed by atoms with Gasteiger partial charge < -0.3 is 19.5 Å². The van der Waals surface area contributed by atoms with Gasteiger partial charge in [0.25, 0.3) is 11.8 Å². The Kier molecular flexibility index (Phi) is 4.81. The van der Waals surface area contributed by atoms with Crippen LogP contribution in [0.4, 0.5) is 5.69 Å². The molecule has 1 N–H and O–H groups in total. The number of aromatic nitrogens is 1. The molecule has 1 amide bonds. The maximum Gasteiger partial charge on any atom is 0.258 e. The third-order valence-electron chi connectivity index (χ3n) is 2.90. The van der Waals surface area contributed by atoms with Crippen LogP contribution in [0, 0.1) is 6.92 Å². The minimum atomic E-state index is -0.202. The van der Waals surface area contributed by atoms with E-state index < -0.39 is 0 Å². The van der Waals surface area contributed by atoms with Crippen molar-refractivity contribution in [3.05, 3.63) is 41.7 Å². The number of ether oxygens (including phenoxy) is 1. The topological polar surface area (TPSA) is 67.6 Å². The molecule has 0 aliphatic rings. The van der Waals surface area contributed by atoms with Gasteiger partial charge in [0.05, 0.1) is 0 Å². The van der Waals surface area contributed by atoms with Crippen LogP contribution in [0.2, 0.25) is 0 Å². The molecule has 6 nitrogen and oxygen atoms in total. The molecule has 0 bridgehead atoms. The molecule has 1 heterocycles. The molecule has 1 aromatic heterocycles. The number of carbonyl (C=O) groups excluding carboxylic acids is 1. The van der Waals surface area contributed by atoms with Crippen molar-refractivity contribution in [2.24, 2.45) is 0 Å². The quantitative estimate of drug-likeness (QED) is 0.877. The highest BCUT2D eigenvalue weighted by molar-refractivity contribution is 5.77. The third-order valence-corrected chi connectivity index (χ3v) is 2.90. The van der Waals surface area contributed by atoms with Gasteiger partial charge in [-0.05, 0) is 29.8 Å². The highest BCUT2D eigenvalue weighted by Crippen LogP contribution is 2.12.